The largest absolute Gasteiger partial charge is 0.356 e. The van der Waals surface area contributed by atoms with Gasteiger partial charge in [0.2, 0.25) is 5.91 Å². The summed E-state index contributed by atoms with van der Waals surface area (Å²) in [4.78, 5) is 29.5. The number of unbranched alkanes of at least 4 members (excludes halogenated alkanes) is 1. The van der Waals surface area contributed by atoms with Gasteiger partial charge < -0.3 is 26.6 Å². The van der Waals surface area contributed by atoms with E-state index in [1.54, 1.807) is 0 Å². The van der Waals surface area contributed by atoms with Crippen LogP contribution in [0.2, 0.25) is 0 Å². The molecule has 1 aromatic rings. The van der Waals surface area contributed by atoms with E-state index in [2.05, 4.69) is 5.32 Å². The van der Waals surface area contributed by atoms with E-state index in [-0.39, 0.29) is 18.5 Å². The molecule has 1 unspecified atom stereocenters. The van der Waals surface area contributed by atoms with Gasteiger partial charge in [0.1, 0.15) is 0 Å². The minimum absolute atomic E-state index is 0.0256. The third-order valence-corrected chi connectivity index (χ3v) is 5.55. The predicted octanol–water partition coefficient (Wildman–Crippen LogP) is -1.15. The summed E-state index contributed by atoms with van der Waals surface area (Å²) in [6, 6.07) is 2.28. The van der Waals surface area contributed by atoms with E-state index in [1.165, 1.54) is 6.07 Å². The quantitative estimate of drug-likeness (QED) is 0.157. The van der Waals surface area contributed by atoms with E-state index in [9.17, 15) is 22.3 Å². The molecule has 1 aromatic carbocycles. The molecule has 0 aliphatic heterocycles. The van der Waals surface area contributed by atoms with Crippen molar-refractivity contribution in [3.8, 4) is 0 Å². The molecule has 1 rings (SSSR count). The van der Waals surface area contributed by atoms with Gasteiger partial charge in [-0.3, -0.25) is 13.9 Å². The number of nitrogens with one attached hydrogen (secondary N) is 1. The Kier molecular flexibility index (Phi) is 8.35. The topological polar surface area (TPSA) is 193 Å². The summed E-state index contributed by atoms with van der Waals surface area (Å²) in [6.45, 7) is 0.554. The number of hydrogen-bond donors (Lipinski definition) is 6. The first-order chi connectivity index (χ1) is 12.0. The van der Waals surface area contributed by atoms with Crippen molar-refractivity contribution in [2.75, 3.05) is 13.1 Å². The average Bonchev–Trinajstić information content (AvgIpc) is 2.53. The number of hydrogen-bond acceptors (Lipinski definition) is 6. The summed E-state index contributed by atoms with van der Waals surface area (Å²) < 4.78 is 43.5. The molecular weight excluding hydrogens is 385 g/mol. The van der Waals surface area contributed by atoms with Crippen LogP contribution in [0, 0.1) is 0 Å². The molecule has 0 spiro atoms. The van der Waals surface area contributed by atoms with Crippen LogP contribution < -0.4 is 22.1 Å². The van der Waals surface area contributed by atoms with Gasteiger partial charge in [0.05, 0.1) is 16.2 Å². The molecular formula is C14H24N3O7PS. The molecule has 0 aromatic heterocycles. The molecule has 1 amide bonds. The molecule has 0 bridgehead atoms. The highest BCUT2D eigenvalue weighted by atomic mass is 32.2. The van der Waals surface area contributed by atoms with Crippen LogP contribution in [0.15, 0.2) is 23.1 Å². The number of amides is 1. The SMILES string of the molecule is NCCCCC(N)C(=O)NCCc1ccc(P(=O)(O)O)cc1S(=O)(=O)O. The smallest absolute Gasteiger partial charge is 0.354 e. The van der Waals surface area contributed by atoms with Gasteiger partial charge in [-0.15, -0.1) is 0 Å². The lowest BCUT2D eigenvalue weighted by Gasteiger charge is -2.13. The van der Waals surface area contributed by atoms with Crippen molar-refractivity contribution in [1.29, 1.82) is 0 Å². The van der Waals surface area contributed by atoms with Crippen molar-refractivity contribution in [1.82, 2.24) is 5.32 Å². The highest BCUT2D eigenvalue weighted by molar-refractivity contribution is 7.86. The van der Waals surface area contributed by atoms with Gasteiger partial charge in [-0.1, -0.05) is 12.5 Å². The first-order valence-corrected chi connectivity index (χ1v) is 10.9. The van der Waals surface area contributed by atoms with Crippen LogP contribution >= 0.6 is 7.60 Å². The molecule has 148 valence electrons. The predicted molar refractivity (Wildman–Crippen MR) is 95.5 cm³/mol. The van der Waals surface area contributed by atoms with Crippen LogP contribution in [-0.2, 0) is 25.9 Å². The molecule has 1 atom stereocenters. The van der Waals surface area contributed by atoms with Crippen molar-refractivity contribution < 1.29 is 32.1 Å². The number of carbonyl (C=O) groups is 1. The summed E-state index contributed by atoms with van der Waals surface area (Å²) in [5.74, 6) is -0.401. The molecule has 0 aliphatic carbocycles. The second-order valence-electron chi connectivity index (χ2n) is 5.74. The maximum atomic E-state index is 11.9. The lowest BCUT2D eigenvalue weighted by Crippen LogP contribution is -2.41. The standard InChI is InChI=1S/C14H24N3O7PS/c15-7-2-1-3-12(16)14(18)17-8-6-10-4-5-11(25(19,20)21)9-13(10)26(22,23)24/h4-5,9,12H,1-3,6-8,15-16H2,(H,17,18)(H2,19,20,21)(H,22,23,24). The lowest BCUT2D eigenvalue weighted by atomic mass is 10.1. The molecule has 0 aliphatic rings. The molecule has 12 heteroatoms. The second kappa shape index (κ2) is 9.56. The maximum absolute atomic E-state index is 11.9. The fourth-order valence-corrected chi connectivity index (χ4v) is 3.69. The summed E-state index contributed by atoms with van der Waals surface area (Å²) in [6.07, 6.45) is 1.96. The van der Waals surface area contributed by atoms with E-state index in [1.807, 2.05) is 0 Å². The summed E-state index contributed by atoms with van der Waals surface area (Å²) in [5.41, 5.74) is 11.2. The van der Waals surface area contributed by atoms with Gasteiger partial charge in [0.25, 0.3) is 10.1 Å². The minimum atomic E-state index is -4.69. The van der Waals surface area contributed by atoms with Crippen molar-refractivity contribution in [3.05, 3.63) is 23.8 Å². The molecule has 0 heterocycles. The van der Waals surface area contributed by atoms with Crippen LogP contribution in [0.4, 0.5) is 0 Å². The van der Waals surface area contributed by atoms with Crippen LogP contribution in [0.25, 0.3) is 0 Å². The third kappa shape index (κ3) is 7.12. The number of rotatable bonds is 10. The first-order valence-electron chi connectivity index (χ1n) is 7.86. The van der Waals surface area contributed by atoms with Gasteiger partial charge in [-0.05, 0) is 43.5 Å². The van der Waals surface area contributed by atoms with Crippen molar-refractivity contribution in [2.24, 2.45) is 11.5 Å². The summed E-state index contributed by atoms with van der Waals surface area (Å²) >= 11 is 0. The fraction of sp³-hybridized carbons (Fsp3) is 0.500. The van der Waals surface area contributed by atoms with Crippen molar-refractivity contribution >= 4 is 28.9 Å². The van der Waals surface area contributed by atoms with Crippen LogP contribution in [0.3, 0.4) is 0 Å². The Hall–Kier alpha value is -1.33. The van der Waals surface area contributed by atoms with E-state index in [4.69, 9.17) is 21.3 Å². The Morgan fingerprint density at radius 2 is 1.92 bits per heavy atom. The fourth-order valence-electron chi connectivity index (χ4n) is 2.26. The van der Waals surface area contributed by atoms with Gasteiger partial charge in [0, 0.05) is 6.54 Å². The van der Waals surface area contributed by atoms with Crippen molar-refractivity contribution in [3.63, 3.8) is 0 Å². The Labute approximate surface area is 151 Å². The summed E-state index contributed by atoms with van der Waals surface area (Å²) in [7, 11) is -9.36. The highest BCUT2D eigenvalue weighted by Gasteiger charge is 2.23. The zero-order valence-corrected chi connectivity index (χ0v) is 15.7. The Bertz CT molecular complexity index is 779. The molecule has 0 fully saturated rings. The Balaban J connectivity index is 2.78. The van der Waals surface area contributed by atoms with E-state index < -0.39 is 39.9 Å². The van der Waals surface area contributed by atoms with Crippen LogP contribution in [0.1, 0.15) is 24.8 Å². The minimum Gasteiger partial charge on any atom is -0.354 e. The molecule has 26 heavy (non-hydrogen) atoms. The molecule has 8 N–H and O–H groups in total. The number of benzene rings is 1. The number of nitrogens with two attached hydrogens (primary N) is 2. The zero-order valence-electron chi connectivity index (χ0n) is 14.0. The number of carbonyl (C=O) groups excluding carboxylic acids is 1. The second-order valence-corrected chi connectivity index (χ2v) is 8.74. The first kappa shape index (κ1) is 22.7. The maximum Gasteiger partial charge on any atom is 0.356 e. The van der Waals surface area contributed by atoms with Gasteiger partial charge in [0.15, 0.2) is 0 Å². The lowest BCUT2D eigenvalue weighted by molar-refractivity contribution is -0.122. The van der Waals surface area contributed by atoms with E-state index >= 15 is 0 Å². The molecule has 0 radical (unpaired) electrons. The normalized spacial score (nSPS) is 13.4. The van der Waals surface area contributed by atoms with E-state index in [0.29, 0.717) is 19.4 Å². The van der Waals surface area contributed by atoms with Crippen LogP contribution in [0.5, 0.6) is 0 Å². The monoisotopic (exact) mass is 409 g/mol. The van der Waals surface area contributed by atoms with E-state index in [0.717, 1.165) is 18.6 Å². The highest BCUT2D eigenvalue weighted by Crippen LogP contribution is 2.34. The van der Waals surface area contributed by atoms with Crippen LogP contribution in [-0.4, -0.2) is 47.8 Å². The zero-order chi connectivity index (χ0) is 20.0. The molecule has 0 saturated heterocycles. The Morgan fingerprint density at radius 1 is 1.27 bits per heavy atom. The third-order valence-electron chi connectivity index (χ3n) is 3.66. The summed E-state index contributed by atoms with van der Waals surface area (Å²) in [5, 5.41) is 2.03. The van der Waals surface area contributed by atoms with Gasteiger partial charge >= 0.3 is 7.60 Å². The van der Waals surface area contributed by atoms with Gasteiger partial charge in [-0.2, -0.15) is 8.42 Å². The van der Waals surface area contributed by atoms with Gasteiger partial charge in [-0.25, -0.2) is 0 Å². The average molecular weight is 409 g/mol. The molecule has 10 nitrogen and oxygen atoms in total. The van der Waals surface area contributed by atoms with Crippen molar-refractivity contribution in [2.45, 2.75) is 36.6 Å². The molecule has 0 saturated carbocycles. The Morgan fingerprint density at radius 3 is 2.46 bits per heavy atom.